The van der Waals surface area contributed by atoms with E-state index in [1.54, 1.807) is 0 Å². The molecule has 0 heterocycles. The second kappa shape index (κ2) is 3.92. The molecule has 1 aromatic carbocycles. The summed E-state index contributed by atoms with van der Waals surface area (Å²) in [5.41, 5.74) is -0.0731. The van der Waals surface area contributed by atoms with Gasteiger partial charge in [-0.1, -0.05) is 18.2 Å². The minimum Gasteiger partial charge on any atom is -0.477 e. The Hall–Kier alpha value is -1.52. The number of carbonyl (C=O) groups is 1. The van der Waals surface area contributed by atoms with E-state index in [1.807, 2.05) is 0 Å². The van der Waals surface area contributed by atoms with E-state index < -0.39 is 24.1 Å². The van der Waals surface area contributed by atoms with Crippen LogP contribution in [0.2, 0.25) is 0 Å². The van der Waals surface area contributed by atoms with Crippen LogP contribution >= 0.6 is 0 Å². The summed E-state index contributed by atoms with van der Waals surface area (Å²) in [5.74, 6) is -6.96. The molecule has 2 nitrogen and oxygen atoms in total. The largest absolute Gasteiger partial charge is 0.477 e. The maximum Gasteiger partial charge on any atom is 0.374 e. The Morgan fingerprint density at radius 2 is 2.07 bits per heavy atom. The van der Waals surface area contributed by atoms with Crippen molar-refractivity contribution in [1.29, 1.82) is 0 Å². The van der Waals surface area contributed by atoms with E-state index in [1.165, 1.54) is 19.1 Å². The second-order valence-corrected chi connectivity index (χ2v) is 3.23. The van der Waals surface area contributed by atoms with Gasteiger partial charge in [0.15, 0.2) is 0 Å². The lowest BCUT2D eigenvalue weighted by molar-refractivity contribution is -0.164. The van der Waals surface area contributed by atoms with E-state index in [4.69, 9.17) is 5.11 Å². The summed E-state index contributed by atoms with van der Waals surface area (Å²) >= 11 is 0. The second-order valence-electron chi connectivity index (χ2n) is 3.23. The van der Waals surface area contributed by atoms with Crippen molar-refractivity contribution in [2.24, 2.45) is 0 Å². The summed E-state index contributed by atoms with van der Waals surface area (Å²) in [7, 11) is 0. The Morgan fingerprint density at radius 3 is 2.60 bits per heavy atom. The van der Waals surface area contributed by atoms with Gasteiger partial charge in [0.05, 0.1) is 6.42 Å². The lowest BCUT2D eigenvalue weighted by atomic mass is 10.0. The standard InChI is InChI=1S/C10H9F3O2/c1-6-3-2-4-7(8(6)11)5-10(12,13)9(14)15/h2-4H,5H2,1H3,(H,14,15). The van der Waals surface area contributed by atoms with E-state index in [2.05, 4.69) is 0 Å². The van der Waals surface area contributed by atoms with Gasteiger partial charge in [0.2, 0.25) is 0 Å². The van der Waals surface area contributed by atoms with Crippen LogP contribution in [0.5, 0.6) is 0 Å². The van der Waals surface area contributed by atoms with Gasteiger partial charge in [-0.05, 0) is 18.1 Å². The minimum atomic E-state index is -3.94. The third-order valence-electron chi connectivity index (χ3n) is 2.00. The van der Waals surface area contributed by atoms with Gasteiger partial charge in [-0.25, -0.2) is 9.18 Å². The van der Waals surface area contributed by atoms with E-state index in [0.29, 0.717) is 0 Å². The van der Waals surface area contributed by atoms with Gasteiger partial charge < -0.3 is 5.11 Å². The molecule has 5 heteroatoms. The van der Waals surface area contributed by atoms with Crippen LogP contribution < -0.4 is 0 Å². The molecule has 82 valence electrons. The predicted octanol–water partition coefficient (Wildman–Crippen LogP) is 2.40. The van der Waals surface area contributed by atoms with Crippen LogP contribution in [0.25, 0.3) is 0 Å². The van der Waals surface area contributed by atoms with Crippen molar-refractivity contribution in [3.05, 3.63) is 35.1 Å². The lowest BCUT2D eigenvalue weighted by Crippen LogP contribution is -2.31. The van der Waals surface area contributed by atoms with Crippen molar-refractivity contribution < 1.29 is 23.1 Å². The molecular weight excluding hydrogens is 209 g/mol. The first-order chi connectivity index (χ1) is 6.84. The molecule has 0 fully saturated rings. The monoisotopic (exact) mass is 218 g/mol. The highest BCUT2D eigenvalue weighted by molar-refractivity contribution is 5.75. The quantitative estimate of drug-likeness (QED) is 0.845. The van der Waals surface area contributed by atoms with Crippen molar-refractivity contribution in [2.75, 3.05) is 0 Å². The van der Waals surface area contributed by atoms with Gasteiger partial charge in [-0.2, -0.15) is 8.78 Å². The number of aryl methyl sites for hydroxylation is 1. The number of hydrogen-bond acceptors (Lipinski definition) is 1. The average molecular weight is 218 g/mol. The molecule has 0 atom stereocenters. The van der Waals surface area contributed by atoms with Crippen LogP contribution in [-0.2, 0) is 11.2 Å². The van der Waals surface area contributed by atoms with Crippen LogP contribution in [0, 0.1) is 12.7 Å². The van der Waals surface area contributed by atoms with E-state index in [-0.39, 0.29) is 11.1 Å². The third-order valence-corrected chi connectivity index (χ3v) is 2.00. The number of carboxylic acids is 1. The normalized spacial score (nSPS) is 11.5. The lowest BCUT2D eigenvalue weighted by Gasteiger charge is -2.12. The van der Waals surface area contributed by atoms with E-state index in [0.717, 1.165) is 6.07 Å². The SMILES string of the molecule is Cc1cccc(CC(F)(F)C(=O)O)c1F. The Bertz CT molecular complexity index is 388. The molecule has 0 saturated carbocycles. The molecular formula is C10H9F3O2. The molecule has 15 heavy (non-hydrogen) atoms. The summed E-state index contributed by atoms with van der Waals surface area (Å²) in [6.45, 7) is 1.43. The fourth-order valence-corrected chi connectivity index (χ4v) is 1.16. The molecule has 0 aliphatic carbocycles. The Kier molecular flexibility index (Phi) is 3.02. The maximum atomic E-state index is 13.3. The van der Waals surface area contributed by atoms with Crippen molar-refractivity contribution in [3.63, 3.8) is 0 Å². The van der Waals surface area contributed by atoms with Crippen molar-refractivity contribution in [3.8, 4) is 0 Å². The molecule has 0 amide bonds. The molecule has 0 aromatic heterocycles. The topological polar surface area (TPSA) is 37.3 Å². The van der Waals surface area contributed by atoms with Gasteiger partial charge in [0.25, 0.3) is 0 Å². The van der Waals surface area contributed by atoms with Gasteiger partial charge >= 0.3 is 11.9 Å². The molecule has 0 aliphatic rings. The molecule has 0 aliphatic heterocycles. The summed E-state index contributed by atoms with van der Waals surface area (Å²) in [4.78, 5) is 10.1. The van der Waals surface area contributed by atoms with Crippen LogP contribution in [0.3, 0.4) is 0 Å². The zero-order chi connectivity index (χ0) is 11.6. The molecule has 0 radical (unpaired) electrons. The van der Waals surface area contributed by atoms with E-state index in [9.17, 15) is 18.0 Å². The van der Waals surface area contributed by atoms with Crippen molar-refractivity contribution in [2.45, 2.75) is 19.3 Å². The first-order valence-corrected chi connectivity index (χ1v) is 4.20. The van der Waals surface area contributed by atoms with Gasteiger partial charge in [0, 0.05) is 0 Å². The molecule has 1 N–H and O–H groups in total. The van der Waals surface area contributed by atoms with Gasteiger partial charge in [0.1, 0.15) is 5.82 Å². The Balaban J connectivity index is 3.00. The van der Waals surface area contributed by atoms with Crippen molar-refractivity contribution in [1.82, 2.24) is 0 Å². The molecule has 1 aromatic rings. The first kappa shape index (κ1) is 11.6. The fraction of sp³-hybridized carbons (Fsp3) is 0.300. The smallest absolute Gasteiger partial charge is 0.374 e. The van der Waals surface area contributed by atoms with Gasteiger partial charge in [-0.15, -0.1) is 0 Å². The number of halogens is 3. The zero-order valence-corrected chi connectivity index (χ0v) is 7.93. The highest BCUT2D eigenvalue weighted by Crippen LogP contribution is 2.23. The predicted molar refractivity (Wildman–Crippen MR) is 47.4 cm³/mol. The number of benzene rings is 1. The molecule has 0 spiro atoms. The number of alkyl halides is 2. The first-order valence-electron chi connectivity index (χ1n) is 4.20. The van der Waals surface area contributed by atoms with Crippen molar-refractivity contribution >= 4 is 5.97 Å². The summed E-state index contributed by atoms with van der Waals surface area (Å²) < 4.78 is 38.8. The molecule has 1 rings (SSSR count). The zero-order valence-electron chi connectivity index (χ0n) is 7.93. The molecule has 0 bridgehead atoms. The molecule has 0 unspecified atom stereocenters. The van der Waals surface area contributed by atoms with Crippen LogP contribution in [0.4, 0.5) is 13.2 Å². The number of carboxylic acid groups (broad SMARTS) is 1. The number of aliphatic carboxylic acids is 1. The summed E-state index contributed by atoms with van der Waals surface area (Å²) in [5, 5.41) is 8.19. The fourth-order valence-electron chi connectivity index (χ4n) is 1.16. The third kappa shape index (κ3) is 2.49. The number of rotatable bonds is 3. The molecule has 0 saturated heterocycles. The van der Waals surface area contributed by atoms with E-state index >= 15 is 0 Å². The average Bonchev–Trinajstić information content (AvgIpc) is 2.12. The summed E-state index contributed by atoms with van der Waals surface area (Å²) in [6, 6.07) is 3.99. The highest BCUT2D eigenvalue weighted by atomic mass is 19.3. The maximum absolute atomic E-state index is 13.3. The Morgan fingerprint density at radius 1 is 1.47 bits per heavy atom. The van der Waals surface area contributed by atoms with Gasteiger partial charge in [-0.3, -0.25) is 0 Å². The Labute approximate surface area is 84.3 Å². The summed E-state index contributed by atoms with van der Waals surface area (Å²) in [6.07, 6.45) is -1.13. The number of hydrogen-bond donors (Lipinski definition) is 1. The van der Waals surface area contributed by atoms with Crippen LogP contribution in [-0.4, -0.2) is 17.0 Å². The minimum absolute atomic E-state index is 0.216. The van der Waals surface area contributed by atoms with Crippen LogP contribution in [0.1, 0.15) is 11.1 Å². The van der Waals surface area contributed by atoms with Crippen LogP contribution in [0.15, 0.2) is 18.2 Å². The highest BCUT2D eigenvalue weighted by Gasteiger charge is 2.39.